The molecule has 16 heavy (non-hydrogen) atoms. The van der Waals surface area contributed by atoms with E-state index in [9.17, 15) is 9.18 Å². The minimum Gasteiger partial charge on any atom is -0.464 e. The van der Waals surface area contributed by atoms with Gasteiger partial charge in [0.15, 0.2) is 0 Å². The van der Waals surface area contributed by atoms with Crippen molar-refractivity contribution in [2.45, 2.75) is 19.0 Å². The Kier molecular flexibility index (Phi) is 3.19. The van der Waals surface area contributed by atoms with Crippen LogP contribution in [0.15, 0.2) is 24.3 Å². The summed E-state index contributed by atoms with van der Waals surface area (Å²) in [5, 5.41) is 0. The Morgan fingerprint density at radius 1 is 1.56 bits per heavy atom. The number of carbonyl (C=O) groups excluding carboxylic acids is 1. The Bertz CT molecular complexity index is 394. The van der Waals surface area contributed by atoms with Gasteiger partial charge in [-0.05, 0) is 24.7 Å². The number of hydrogen-bond donors (Lipinski definition) is 0. The molecule has 4 heteroatoms. The van der Waals surface area contributed by atoms with Gasteiger partial charge in [0, 0.05) is 13.0 Å². The van der Waals surface area contributed by atoms with E-state index >= 15 is 0 Å². The van der Waals surface area contributed by atoms with Gasteiger partial charge in [-0.15, -0.1) is 0 Å². The highest BCUT2D eigenvalue weighted by Crippen LogP contribution is 2.15. The van der Waals surface area contributed by atoms with Crippen LogP contribution in [0.4, 0.5) is 4.39 Å². The number of rotatable bonds is 3. The number of nitrogens with zero attached hydrogens (tertiary/aromatic N) is 1. The molecule has 2 rings (SSSR count). The Labute approximate surface area is 93.8 Å². The van der Waals surface area contributed by atoms with Gasteiger partial charge in [0.05, 0.1) is 6.61 Å². The molecule has 1 fully saturated rings. The second-order valence-corrected chi connectivity index (χ2v) is 4.02. The molecule has 0 aromatic heterocycles. The number of likely N-dealkylation sites (N-methyl/N-ethyl adjacent to an activating group) is 1. The Balaban J connectivity index is 2.01. The van der Waals surface area contributed by atoms with Crippen molar-refractivity contribution in [3.05, 3.63) is 35.6 Å². The molecule has 1 aromatic rings. The lowest BCUT2D eigenvalue weighted by molar-refractivity contribution is -0.142. The first kappa shape index (κ1) is 11.1. The highest BCUT2D eigenvalue weighted by atomic mass is 19.1. The van der Waals surface area contributed by atoms with Crippen LogP contribution in [0.2, 0.25) is 0 Å². The summed E-state index contributed by atoms with van der Waals surface area (Å²) in [7, 11) is 1.85. The normalized spacial score (nSPS) is 20.2. The van der Waals surface area contributed by atoms with Crippen LogP contribution in [-0.2, 0) is 16.1 Å². The number of halogens is 1. The van der Waals surface area contributed by atoms with E-state index in [0.29, 0.717) is 19.6 Å². The lowest BCUT2D eigenvalue weighted by Crippen LogP contribution is -2.34. The van der Waals surface area contributed by atoms with Crippen molar-refractivity contribution < 1.29 is 13.9 Å². The van der Waals surface area contributed by atoms with Crippen LogP contribution in [0.25, 0.3) is 0 Å². The van der Waals surface area contributed by atoms with Crippen molar-refractivity contribution in [3.63, 3.8) is 0 Å². The van der Waals surface area contributed by atoms with Crippen molar-refractivity contribution in [3.8, 4) is 0 Å². The summed E-state index contributed by atoms with van der Waals surface area (Å²) < 4.78 is 17.9. The standard InChI is InChI=1S/C12H14FNO2/c1-14(11-5-6-16-12(11)15)8-9-3-2-4-10(13)7-9/h2-4,7,11H,5-6,8H2,1H3/t11-/m0/s1. The zero-order valence-corrected chi connectivity index (χ0v) is 9.15. The second kappa shape index (κ2) is 4.61. The van der Waals surface area contributed by atoms with Gasteiger partial charge < -0.3 is 4.74 Å². The first-order chi connectivity index (χ1) is 7.66. The van der Waals surface area contributed by atoms with E-state index < -0.39 is 0 Å². The van der Waals surface area contributed by atoms with E-state index in [0.717, 1.165) is 5.56 Å². The highest BCUT2D eigenvalue weighted by Gasteiger charge is 2.29. The summed E-state index contributed by atoms with van der Waals surface area (Å²) >= 11 is 0. The minimum absolute atomic E-state index is 0.182. The van der Waals surface area contributed by atoms with Crippen molar-refractivity contribution >= 4 is 5.97 Å². The predicted molar refractivity (Wildman–Crippen MR) is 57.2 cm³/mol. The molecule has 0 bridgehead atoms. The van der Waals surface area contributed by atoms with E-state index in [4.69, 9.17) is 4.74 Å². The number of esters is 1. The molecular weight excluding hydrogens is 209 g/mol. The fourth-order valence-corrected chi connectivity index (χ4v) is 1.92. The van der Waals surface area contributed by atoms with Crippen molar-refractivity contribution in [1.29, 1.82) is 0 Å². The third-order valence-electron chi connectivity index (χ3n) is 2.76. The summed E-state index contributed by atoms with van der Waals surface area (Å²) in [6.07, 6.45) is 0.713. The van der Waals surface area contributed by atoms with Gasteiger partial charge in [0.25, 0.3) is 0 Å². The van der Waals surface area contributed by atoms with Crippen LogP contribution in [0, 0.1) is 5.82 Å². The van der Waals surface area contributed by atoms with Crippen LogP contribution in [0.5, 0.6) is 0 Å². The monoisotopic (exact) mass is 223 g/mol. The molecule has 0 N–H and O–H groups in total. The van der Waals surface area contributed by atoms with E-state index in [-0.39, 0.29) is 17.8 Å². The number of hydrogen-bond acceptors (Lipinski definition) is 3. The summed E-state index contributed by atoms with van der Waals surface area (Å²) in [4.78, 5) is 13.2. The Morgan fingerprint density at radius 2 is 2.38 bits per heavy atom. The molecule has 0 amide bonds. The van der Waals surface area contributed by atoms with Crippen LogP contribution >= 0.6 is 0 Å². The molecular formula is C12H14FNO2. The van der Waals surface area contributed by atoms with Gasteiger partial charge >= 0.3 is 5.97 Å². The van der Waals surface area contributed by atoms with Gasteiger partial charge in [-0.25, -0.2) is 4.39 Å². The van der Waals surface area contributed by atoms with E-state index in [1.807, 2.05) is 18.0 Å². The molecule has 3 nitrogen and oxygen atoms in total. The maximum atomic E-state index is 13.0. The van der Waals surface area contributed by atoms with Crippen LogP contribution in [0.3, 0.4) is 0 Å². The van der Waals surface area contributed by atoms with Gasteiger partial charge in [-0.2, -0.15) is 0 Å². The number of ether oxygens (including phenoxy) is 1. The molecule has 0 saturated carbocycles. The molecule has 0 aliphatic carbocycles. The first-order valence-corrected chi connectivity index (χ1v) is 5.28. The van der Waals surface area contributed by atoms with Crippen LogP contribution < -0.4 is 0 Å². The first-order valence-electron chi connectivity index (χ1n) is 5.28. The SMILES string of the molecule is CN(Cc1cccc(F)c1)[C@H]1CCOC1=O. The average molecular weight is 223 g/mol. The molecule has 1 aliphatic heterocycles. The fourth-order valence-electron chi connectivity index (χ4n) is 1.92. The third-order valence-corrected chi connectivity index (χ3v) is 2.76. The predicted octanol–water partition coefficient (Wildman–Crippen LogP) is 1.57. The maximum absolute atomic E-state index is 13.0. The topological polar surface area (TPSA) is 29.5 Å². The molecule has 1 atom stereocenters. The largest absolute Gasteiger partial charge is 0.464 e. The summed E-state index contributed by atoms with van der Waals surface area (Å²) in [6, 6.07) is 6.22. The molecule has 0 unspecified atom stereocenters. The lowest BCUT2D eigenvalue weighted by Gasteiger charge is -2.20. The van der Waals surface area contributed by atoms with Gasteiger partial charge in [-0.3, -0.25) is 9.69 Å². The summed E-state index contributed by atoms with van der Waals surface area (Å²) in [6.45, 7) is 1.04. The smallest absolute Gasteiger partial charge is 0.323 e. The third kappa shape index (κ3) is 2.39. The second-order valence-electron chi connectivity index (χ2n) is 4.02. The summed E-state index contributed by atoms with van der Waals surface area (Å²) in [5.41, 5.74) is 0.863. The molecule has 0 spiro atoms. The van der Waals surface area contributed by atoms with Gasteiger partial charge in [-0.1, -0.05) is 12.1 Å². The molecule has 0 radical (unpaired) electrons. The molecule has 1 aliphatic rings. The number of cyclic esters (lactones) is 1. The van der Waals surface area contributed by atoms with Gasteiger partial charge in [0.1, 0.15) is 11.9 Å². The van der Waals surface area contributed by atoms with E-state index in [2.05, 4.69) is 0 Å². The lowest BCUT2D eigenvalue weighted by atomic mass is 10.1. The molecule has 1 aromatic carbocycles. The van der Waals surface area contributed by atoms with Crippen molar-refractivity contribution in [2.24, 2.45) is 0 Å². The van der Waals surface area contributed by atoms with E-state index in [1.54, 1.807) is 6.07 Å². The van der Waals surface area contributed by atoms with Crippen molar-refractivity contribution in [1.82, 2.24) is 4.90 Å². The van der Waals surface area contributed by atoms with E-state index in [1.165, 1.54) is 12.1 Å². The summed E-state index contributed by atoms with van der Waals surface area (Å²) in [5.74, 6) is -0.432. The molecule has 86 valence electrons. The Morgan fingerprint density at radius 3 is 3.00 bits per heavy atom. The zero-order chi connectivity index (χ0) is 11.5. The molecule has 1 heterocycles. The van der Waals surface area contributed by atoms with Crippen LogP contribution in [-0.4, -0.2) is 30.6 Å². The van der Waals surface area contributed by atoms with Crippen molar-refractivity contribution in [2.75, 3.05) is 13.7 Å². The quantitative estimate of drug-likeness (QED) is 0.728. The minimum atomic E-state index is -0.250. The highest BCUT2D eigenvalue weighted by molar-refractivity contribution is 5.77. The number of benzene rings is 1. The zero-order valence-electron chi connectivity index (χ0n) is 9.15. The average Bonchev–Trinajstić information content (AvgIpc) is 2.64. The maximum Gasteiger partial charge on any atom is 0.323 e. The number of carbonyl (C=O) groups is 1. The van der Waals surface area contributed by atoms with Crippen LogP contribution in [0.1, 0.15) is 12.0 Å². The molecule has 1 saturated heterocycles. The van der Waals surface area contributed by atoms with Gasteiger partial charge in [0.2, 0.25) is 0 Å². The fraction of sp³-hybridized carbons (Fsp3) is 0.417. The Hall–Kier alpha value is -1.42.